The maximum atomic E-state index is 15.2. The van der Waals surface area contributed by atoms with Crippen molar-refractivity contribution < 1.29 is 28.9 Å². The number of aromatic carboxylic acids is 1. The Bertz CT molecular complexity index is 2770. The fourth-order valence-electron chi connectivity index (χ4n) is 8.54. The highest BCUT2D eigenvalue weighted by Crippen LogP contribution is 2.46. The molecule has 308 valence electrons. The number of nitrogens with zero attached hydrogens (tertiary/aromatic N) is 4. The first kappa shape index (κ1) is 40.9. The molecule has 1 amide bonds. The average Bonchev–Trinajstić information content (AvgIpc) is 3.82. The lowest BCUT2D eigenvalue weighted by Gasteiger charge is -2.34. The molecule has 0 fully saturated rings. The first-order chi connectivity index (χ1) is 28.9. The monoisotopic (exact) mass is 845 g/mol. The number of carbonyl (C=O) groups excluding carboxylic acids is 1. The Morgan fingerprint density at radius 1 is 0.917 bits per heavy atom. The number of amides is 1. The van der Waals surface area contributed by atoms with Crippen LogP contribution in [-0.4, -0.2) is 56.8 Å². The van der Waals surface area contributed by atoms with Gasteiger partial charge in [-0.05, 0) is 106 Å². The van der Waals surface area contributed by atoms with Crippen molar-refractivity contribution >= 4 is 62.6 Å². The zero-order valence-electron chi connectivity index (χ0n) is 34.3. The molecule has 3 aromatic heterocycles. The summed E-state index contributed by atoms with van der Waals surface area (Å²) in [7, 11) is 1.53. The molecule has 0 saturated heterocycles. The van der Waals surface area contributed by atoms with Crippen LogP contribution in [0.1, 0.15) is 79.8 Å². The normalized spacial score (nSPS) is 14.0. The minimum atomic E-state index is -1.11. The van der Waals surface area contributed by atoms with Crippen LogP contribution in [0.15, 0.2) is 72.8 Å². The van der Waals surface area contributed by atoms with Gasteiger partial charge in [0, 0.05) is 50.9 Å². The molecule has 0 aliphatic carbocycles. The third-order valence-electron chi connectivity index (χ3n) is 11.2. The van der Waals surface area contributed by atoms with Crippen molar-refractivity contribution in [1.29, 1.82) is 0 Å². The SMILES string of the molecule is COc1ccc(N2CC(C)n3c(c(CCCOc4cc(C)c(Cl)c(C)c4)c4ccc(Cl)c(-c5c(C)nc(COCc6ccccc6)nc5C)c43)C2=O)c2[nH]c(C(=O)O)cc12. The summed E-state index contributed by atoms with van der Waals surface area (Å²) in [5.74, 6) is 0.463. The Morgan fingerprint density at radius 3 is 2.32 bits per heavy atom. The lowest BCUT2D eigenvalue weighted by Crippen LogP contribution is -2.42. The molecule has 11 nitrogen and oxygen atoms in total. The fraction of sp³-hybridized carbons (Fsp3) is 0.277. The molecule has 1 unspecified atom stereocenters. The van der Waals surface area contributed by atoms with Gasteiger partial charge in [-0.1, -0.05) is 59.6 Å². The number of nitrogens with one attached hydrogen (secondary N) is 1. The number of benzene rings is 4. The summed E-state index contributed by atoms with van der Waals surface area (Å²) in [6.07, 6.45) is 1.13. The number of carboxylic acids is 1. The van der Waals surface area contributed by atoms with Gasteiger partial charge in [0.15, 0.2) is 5.82 Å². The number of carbonyl (C=O) groups is 2. The van der Waals surface area contributed by atoms with Crippen molar-refractivity contribution in [2.24, 2.45) is 0 Å². The van der Waals surface area contributed by atoms with Crippen molar-refractivity contribution in [3.8, 4) is 22.6 Å². The number of rotatable bonds is 13. The maximum Gasteiger partial charge on any atom is 0.352 e. The largest absolute Gasteiger partial charge is 0.496 e. The predicted octanol–water partition coefficient (Wildman–Crippen LogP) is 10.8. The van der Waals surface area contributed by atoms with E-state index in [1.54, 1.807) is 17.0 Å². The highest BCUT2D eigenvalue weighted by atomic mass is 35.5. The second kappa shape index (κ2) is 16.6. The van der Waals surface area contributed by atoms with Gasteiger partial charge in [-0.25, -0.2) is 14.8 Å². The van der Waals surface area contributed by atoms with Gasteiger partial charge in [-0.3, -0.25) is 4.79 Å². The number of aromatic nitrogens is 4. The Hall–Kier alpha value is -5.88. The smallest absolute Gasteiger partial charge is 0.352 e. The lowest BCUT2D eigenvalue weighted by molar-refractivity contribution is 0.0691. The summed E-state index contributed by atoms with van der Waals surface area (Å²) in [4.78, 5) is 41.8. The van der Waals surface area contributed by atoms with Gasteiger partial charge < -0.3 is 33.8 Å². The number of halogens is 2. The third-order valence-corrected chi connectivity index (χ3v) is 12.1. The minimum Gasteiger partial charge on any atom is -0.496 e. The number of carboxylic acid groups (broad SMARTS) is 1. The van der Waals surface area contributed by atoms with E-state index in [1.807, 2.05) is 82.3 Å². The highest BCUT2D eigenvalue weighted by molar-refractivity contribution is 6.35. The highest BCUT2D eigenvalue weighted by Gasteiger charge is 2.37. The molecule has 1 aliphatic heterocycles. The van der Waals surface area contributed by atoms with Crippen LogP contribution in [0.2, 0.25) is 10.0 Å². The molecule has 1 aliphatic rings. The van der Waals surface area contributed by atoms with Crippen LogP contribution in [0.3, 0.4) is 0 Å². The minimum absolute atomic E-state index is 0.00449. The van der Waals surface area contributed by atoms with E-state index in [2.05, 4.69) is 16.5 Å². The molecule has 1 atom stereocenters. The van der Waals surface area contributed by atoms with Crippen LogP contribution in [-0.2, 0) is 24.4 Å². The number of H-pyrrole nitrogens is 1. The first-order valence-electron chi connectivity index (χ1n) is 19.8. The summed E-state index contributed by atoms with van der Waals surface area (Å²) in [6, 6.07) is 22.6. The number of aryl methyl sites for hydroxylation is 5. The molecule has 0 radical (unpaired) electrons. The number of fused-ring (bicyclic) bond motifs is 4. The van der Waals surface area contributed by atoms with Gasteiger partial charge in [0.25, 0.3) is 5.91 Å². The zero-order valence-corrected chi connectivity index (χ0v) is 35.8. The van der Waals surface area contributed by atoms with Crippen molar-refractivity contribution in [2.45, 2.75) is 66.7 Å². The standard InChI is InChI=1S/C47H45Cl2N5O6/c1-25-19-31(20-26(2)42(25)49)60-18-10-13-32-33-14-15-35(48)41(40-28(4)50-39(51-29(40)5)24-59-23-30-11-8-7-9-12-30)44(33)54-27(3)22-53(46(55)45(32)54)37-16-17-38(58-6)34-21-36(47(56)57)52-43(34)37/h7-9,11-12,14-17,19-21,27,52H,10,13,18,22-24H2,1-6H3,(H,56,57). The van der Waals surface area contributed by atoms with Gasteiger partial charge in [0.05, 0.1) is 42.1 Å². The Labute approximate surface area is 357 Å². The topological polar surface area (TPSA) is 132 Å². The van der Waals surface area contributed by atoms with Crippen molar-refractivity contribution in [2.75, 3.05) is 25.2 Å². The van der Waals surface area contributed by atoms with Crippen LogP contribution in [0.25, 0.3) is 32.9 Å². The zero-order chi connectivity index (χ0) is 42.4. The Balaban J connectivity index is 1.23. The summed E-state index contributed by atoms with van der Waals surface area (Å²) >= 11 is 13.6. The van der Waals surface area contributed by atoms with Gasteiger partial charge in [0.1, 0.15) is 29.5 Å². The molecule has 4 aromatic carbocycles. The molecule has 13 heteroatoms. The van der Waals surface area contributed by atoms with Gasteiger partial charge in [-0.15, -0.1) is 0 Å². The maximum absolute atomic E-state index is 15.2. The molecule has 0 spiro atoms. The van der Waals surface area contributed by atoms with Crippen molar-refractivity contribution in [1.82, 2.24) is 19.5 Å². The first-order valence-corrected chi connectivity index (χ1v) is 20.6. The van der Waals surface area contributed by atoms with Crippen LogP contribution in [0.5, 0.6) is 11.5 Å². The number of ether oxygens (including phenoxy) is 3. The fourth-order valence-corrected chi connectivity index (χ4v) is 8.90. The van der Waals surface area contributed by atoms with Gasteiger partial charge in [-0.2, -0.15) is 0 Å². The molecule has 8 rings (SSSR count). The van der Waals surface area contributed by atoms with E-state index in [1.165, 1.54) is 13.2 Å². The molecule has 60 heavy (non-hydrogen) atoms. The van der Waals surface area contributed by atoms with E-state index in [9.17, 15) is 9.90 Å². The second-order valence-corrected chi connectivity index (χ2v) is 16.1. The average molecular weight is 847 g/mol. The molecule has 4 heterocycles. The van der Waals surface area contributed by atoms with E-state index >= 15 is 4.79 Å². The molecular weight excluding hydrogens is 801 g/mol. The van der Waals surface area contributed by atoms with E-state index < -0.39 is 5.97 Å². The summed E-state index contributed by atoms with van der Waals surface area (Å²) in [6.45, 7) is 11.3. The van der Waals surface area contributed by atoms with E-state index in [4.69, 9.17) is 47.4 Å². The van der Waals surface area contributed by atoms with Crippen molar-refractivity contribution in [3.63, 3.8) is 0 Å². The van der Waals surface area contributed by atoms with E-state index in [0.29, 0.717) is 71.5 Å². The number of hydrogen-bond acceptors (Lipinski definition) is 7. The second-order valence-electron chi connectivity index (χ2n) is 15.3. The van der Waals surface area contributed by atoms with Gasteiger partial charge in [0.2, 0.25) is 0 Å². The van der Waals surface area contributed by atoms with E-state index in [0.717, 1.165) is 66.4 Å². The summed E-state index contributed by atoms with van der Waals surface area (Å²) in [5.41, 5.74) is 9.25. The number of hydrogen-bond donors (Lipinski definition) is 2. The summed E-state index contributed by atoms with van der Waals surface area (Å²) < 4.78 is 20.0. The number of methoxy groups -OCH3 is 1. The molecule has 0 saturated carbocycles. The molecular formula is C47H45Cl2N5O6. The molecule has 2 N–H and O–H groups in total. The van der Waals surface area contributed by atoms with Crippen LogP contribution in [0.4, 0.5) is 5.69 Å². The summed E-state index contributed by atoms with van der Waals surface area (Å²) in [5, 5.41) is 12.6. The Kier molecular flexibility index (Phi) is 11.3. The van der Waals surface area contributed by atoms with Gasteiger partial charge >= 0.3 is 5.97 Å². The Morgan fingerprint density at radius 2 is 1.63 bits per heavy atom. The molecule has 0 bridgehead atoms. The van der Waals surface area contributed by atoms with Crippen LogP contribution >= 0.6 is 23.2 Å². The number of aromatic amines is 1. The van der Waals surface area contributed by atoms with E-state index in [-0.39, 0.29) is 24.2 Å². The lowest BCUT2D eigenvalue weighted by atomic mass is 9.97. The molecule has 7 aromatic rings. The predicted molar refractivity (Wildman–Crippen MR) is 235 cm³/mol. The number of anilines is 1. The van der Waals surface area contributed by atoms with Crippen LogP contribution < -0.4 is 14.4 Å². The third kappa shape index (κ3) is 7.46. The quantitative estimate of drug-likeness (QED) is 0.110. The van der Waals surface area contributed by atoms with Crippen LogP contribution in [0, 0.1) is 27.7 Å². The van der Waals surface area contributed by atoms with Crippen molar-refractivity contribution in [3.05, 3.63) is 134 Å².